The summed E-state index contributed by atoms with van der Waals surface area (Å²) in [6, 6.07) is 2.37. The van der Waals surface area contributed by atoms with Gasteiger partial charge >= 0.3 is 0 Å². The van der Waals surface area contributed by atoms with Crippen molar-refractivity contribution in [1.29, 1.82) is 0 Å². The van der Waals surface area contributed by atoms with Gasteiger partial charge in [0.15, 0.2) is 0 Å². The highest BCUT2D eigenvalue weighted by Crippen LogP contribution is 2.19. The molecular formula is C17H28N4O. The summed E-state index contributed by atoms with van der Waals surface area (Å²) in [6.45, 7) is 4.02. The van der Waals surface area contributed by atoms with E-state index in [-0.39, 0.29) is 5.56 Å². The lowest BCUT2D eigenvalue weighted by molar-refractivity contribution is 0.169. The second kappa shape index (κ2) is 7.27. The molecule has 22 heavy (non-hydrogen) atoms. The summed E-state index contributed by atoms with van der Waals surface area (Å²) >= 11 is 0. The van der Waals surface area contributed by atoms with Gasteiger partial charge in [0.05, 0.1) is 11.9 Å². The number of aromatic nitrogens is 2. The first-order chi connectivity index (χ1) is 10.7. The van der Waals surface area contributed by atoms with Gasteiger partial charge in [0.2, 0.25) is 0 Å². The van der Waals surface area contributed by atoms with Crippen LogP contribution in [0.25, 0.3) is 0 Å². The van der Waals surface area contributed by atoms with Crippen molar-refractivity contribution in [2.24, 2.45) is 0 Å². The van der Waals surface area contributed by atoms with Gasteiger partial charge in [-0.2, -0.15) is 5.10 Å². The summed E-state index contributed by atoms with van der Waals surface area (Å²) in [5.41, 5.74) is 1.04. The molecule has 0 spiro atoms. The topological polar surface area (TPSA) is 41.4 Å². The highest BCUT2D eigenvalue weighted by molar-refractivity contribution is 5.43. The highest BCUT2D eigenvalue weighted by atomic mass is 16.1. The van der Waals surface area contributed by atoms with E-state index in [4.69, 9.17) is 0 Å². The lowest BCUT2D eigenvalue weighted by Crippen LogP contribution is -2.38. The molecule has 1 atom stereocenters. The van der Waals surface area contributed by atoms with Gasteiger partial charge in [-0.05, 0) is 52.1 Å². The minimum atomic E-state index is 0.0431. The van der Waals surface area contributed by atoms with Crippen LogP contribution < -0.4 is 10.5 Å². The van der Waals surface area contributed by atoms with E-state index in [1.165, 1.54) is 45.1 Å². The van der Waals surface area contributed by atoms with Crippen LogP contribution in [-0.2, 0) is 6.54 Å². The van der Waals surface area contributed by atoms with E-state index in [1.54, 1.807) is 10.7 Å². The third kappa shape index (κ3) is 3.69. The largest absolute Gasteiger partial charge is 0.370 e. The van der Waals surface area contributed by atoms with Crippen LogP contribution in [0.1, 0.15) is 44.9 Å². The third-order valence-electron chi connectivity index (χ3n) is 5.17. The number of hydrogen-bond donors (Lipinski definition) is 0. The summed E-state index contributed by atoms with van der Waals surface area (Å²) in [4.78, 5) is 17.0. The fourth-order valence-corrected chi connectivity index (χ4v) is 3.70. The molecule has 2 saturated heterocycles. The number of anilines is 1. The zero-order valence-electron chi connectivity index (χ0n) is 13.7. The van der Waals surface area contributed by atoms with Crippen molar-refractivity contribution in [1.82, 2.24) is 14.7 Å². The van der Waals surface area contributed by atoms with Gasteiger partial charge in [0.25, 0.3) is 5.56 Å². The van der Waals surface area contributed by atoms with Gasteiger partial charge in [0, 0.05) is 31.7 Å². The Kier molecular flexibility index (Phi) is 5.13. The molecule has 0 amide bonds. The van der Waals surface area contributed by atoms with E-state index in [0.29, 0.717) is 6.04 Å². The zero-order chi connectivity index (χ0) is 15.4. The van der Waals surface area contributed by atoms with Crippen molar-refractivity contribution in [3.63, 3.8) is 0 Å². The summed E-state index contributed by atoms with van der Waals surface area (Å²) in [7, 11) is 2.19. The average molecular weight is 304 g/mol. The molecule has 2 aliphatic heterocycles. The Balaban J connectivity index is 1.61. The average Bonchev–Trinajstić information content (AvgIpc) is 2.56. The summed E-state index contributed by atoms with van der Waals surface area (Å²) in [5, 5.41) is 4.41. The molecule has 0 aliphatic carbocycles. The maximum Gasteiger partial charge on any atom is 0.268 e. The van der Waals surface area contributed by atoms with Crippen molar-refractivity contribution in [2.45, 2.75) is 57.5 Å². The Labute approximate surface area is 132 Å². The Morgan fingerprint density at radius 3 is 2.64 bits per heavy atom. The van der Waals surface area contributed by atoms with Crippen molar-refractivity contribution in [2.75, 3.05) is 31.6 Å². The summed E-state index contributed by atoms with van der Waals surface area (Å²) in [5.74, 6) is 0. The molecule has 122 valence electrons. The normalized spacial score (nSPS) is 23.7. The van der Waals surface area contributed by atoms with Gasteiger partial charge in [-0.25, -0.2) is 4.68 Å². The SMILES string of the molecule is CN1CCCC[C@@H]1CCn1ncc(N2CCCCC2)cc1=O. The van der Waals surface area contributed by atoms with E-state index in [9.17, 15) is 4.79 Å². The number of nitrogens with zero attached hydrogens (tertiary/aromatic N) is 4. The van der Waals surface area contributed by atoms with Crippen molar-refractivity contribution < 1.29 is 0 Å². The van der Waals surface area contributed by atoms with E-state index in [1.807, 2.05) is 6.20 Å². The van der Waals surface area contributed by atoms with Gasteiger partial charge in [-0.15, -0.1) is 0 Å². The molecule has 2 fully saturated rings. The molecule has 0 saturated carbocycles. The second-order valence-corrected chi connectivity index (χ2v) is 6.74. The quantitative estimate of drug-likeness (QED) is 0.854. The smallest absolute Gasteiger partial charge is 0.268 e. The van der Waals surface area contributed by atoms with Crippen molar-refractivity contribution in [3.05, 3.63) is 22.6 Å². The van der Waals surface area contributed by atoms with Gasteiger partial charge in [-0.3, -0.25) is 4.79 Å². The van der Waals surface area contributed by atoms with Crippen LogP contribution >= 0.6 is 0 Å². The molecule has 0 bridgehead atoms. The Bertz CT molecular complexity index is 536. The lowest BCUT2D eigenvalue weighted by Gasteiger charge is -2.32. The maximum atomic E-state index is 12.3. The number of likely N-dealkylation sites (tertiary alicyclic amines) is 1. The van der Waals surface area contributed by atoms with Crippen LogP contribution in [-0.4, -0.2) is 47.4 Å². The first kappa shape index (κ1) is 15.5. The first-order valence-electron chi connectivity index (χ1n) is 8.76. The van der Waals surface area contributed by atoms with Crippen LogP contribution in [0, 0.1) is 0 Å². The summed E-state index contributed by atoms with van der Waals surface area (Å²) in [6.07, 6.45) is 10.5. The number of aryl methyl sites for hydroxylation is 1. The van der Waals surface area contributed by atoms with Crippen molar-refractivity contribution in [3.8, 4) is 0 Å². The van der Waals surface area contributed by atoms with E-state index in [2.05, 4.69) is 21.9 Å². The van der Waals surface area contributed by atoms with Crippen LogP contribution in [0.5, 0.6) is 0 Å². The third-order valence-corrected chi connectivity index (χ3v) is 5.17. The predicted molar refractivity (Wildman–Crippen MR) is 89.4 cm³/mol. The van der Waals surface area contributed by atoms with Gasteiger partial charge in [-0.1, -0.05) is 6.42 Å². The van der Waals surface area contributed by atoms with Crippen LogP contribution in [0.4, 0.5) is 5.69 Å². The molecule has 0 N–H and O–H groups in total. The summed E-state index contributed by atoms with van der Waals surface area (Å²) < 4.78 is 1.63. The van der Waals surface area contributed by atoms with Gasteiger partial charge < -0.3 is 9.80 Å². The van der Waals surface area contributed by atoms with Crippen LogP contribution in [0.2, 0.25) is 0 Å². The monoisotopic (exact) mass is 304 g/mol. The maximum absolute atomic E-state index is 12.3. The number of hydrogen-bond acceptors (Lipinski definition) is 4. The minimum Gasteiger partial charge on any atom is -0.370 e. The van der Waals surface area contributed by atoms with Gasteiger partial charge in [0.1, 0.15) is 0 Å². The first-order valence-corrected chi connectivity index (χ1v) is 8.76. The molecule has 3 rings (SSSR count). The molecule has 5 nitrogen and oxygen atoms in total. The fourth-order valence-electron chi connectivity index (χ4n) is 3.70. The molecule has 0 unspecified atom stereocenters. The molecule has 1 aromatic rings. The standard InChI is InChI=1S/C17H28N4O/c1-19-9-6-3-7-15(19)8-12-21-17(22)13-16(14-18-21)20-10-4-2-5-11-20/h13-15H,2-12H2,1H3/t15-/m1/s1. The van der Waals surface area contributed by atoms with Crippen molar-refractivity contribution >= 4 is 5.69 Å². The van der Waals surface area contributed by atoms with E-state index in [0.717, 1.165) is 31.7 Å². The number of rotatable bonds is 4. The molecular weight excluding hydrogens is 276 g/mol. The Morgan fingerprint density at radius 2 is 1.91 bits per heavy atom. The predicted octanol–water partition coefficient (Wildman–Crippen LogP) is 2.11. The van der Waals surface area contributed by atoms with E-state index < -0.39 is 0 Å². The molecule has 5 heteroatoms. The van der Waals surface area contributed by atoms with Crippen LogP contribution in [0.3, 0.4) is 0 Å². The highest BCUT2D eigenvalue weighted by Gasteiger charge is 2.19. The zero-order valence-corrected chi connectivity index (χ0v) is 13.7. The second-order valence-electron chi connectivity index (χ2n) is 6.74. The van der Waals surface area contributed by atoms with Crippen LogP contribution in [0.15, 0.2) is 17.1 Å². The number of piperidine rings is 2. The molecule has 1 aromatic heterocycles. The molecule has 0 aromatic carbocycles. The lowest BCUT2D eigenvalue weighted by atomic mass is 10.0. The Hall–Kier alpha value is -1.36. The molecule has 3 heterocycles. The fraction of sp³-hybridized carbons (Fsp3) is 0.765. The minimum absolute atomic E-state index is 0.0431. The molecule has 2 aliphatic rings. The molecule has 0 radical (unpaired) electrons. The van der Waals surface area contributed by atoms with E-state index >= 15 is 0 Å². The Morgan fingerprint density at radius 1 is 1.14 bits per heavy atom.